The van der Waals surface area contributed by atoms with Gasteiger partial charge in [0.1, 0.15) is 10.3 Å². The molecule has 17 heavy (non-hydrogen) atoms. The molecule has 1 amide bonds. The zero-order chi connectivity index (χ0) is 12.8. The number of carbonyl (C=O) groups is 2. The maximum atomic E-state index is 11.9. The molecule has 1 aromatic rings. The second-order valence-corrected chi connectivity index (χ2v) is 4.38. The summed E-state index contributed by atoms with van der Waals surface area (Å²) in [5.74, 6) is -1.07. The van der Waals surface area contributed by atoms with Gasteiger partial charge in [-0.3, -0.25) is 9.59 Å². The molecule has 0 bridgehead atoms. The number of carboxylic acids is 1. The van der Waals surface area contributed by atoms with E-state index in [-0.39, 0.29) is 12.3 Å². The van der Waals surface area contributed by atoms with E-state index in [2.05, 4.69) is 20.9 Å². The third kappa shape index (κ3) is 4.52. The van der Waals surface area contributed by atoms with Crippen LogP contribution in [0, 0.1) is 0 Å². The highest BCUT2D eigenvalue weighted by Gasteiger charge is 2.13. The van der Waals surface area contributed by atoms with Crippen molar-refractivity contribution in [1.29, 1.82) is 0 Å². The van der Waals surface area contributed by atoms with Crippen molar-refractivity contribution in [2.45, 2.75) is 12.8 Å². The Bertz CT molecular complexity index is 423. The lowest BCUT2D eigenvalue weighted by Gasteiger charge is -2.15. The lowest BCUT2D eigenvalue weighted by molar-refractivity contribution is -0.137. The Morgan fingerprint density at radius 1 is 1.47 bits per heavy atom. The number of rotatable bonds is 5. The number of hydrogen-bond acceptors (Lipinski definition) is 3. The van der Waals surface area contributed by atoms with Crippen molar-refractivity contribution in [2.75, 3.05) is 13.6 Å². The molecular weight excluding hydrogens is 288 g/mol. The van der Waals surface area contributed by atoms with E-state index in [1.165, 1.54) is 4.90 Å². The van der Waals surface area contributed by atoms with Crippen LogP contribution in [0.5, 0.6) is 0 Å². The monoisotopic (exact) mass is 300 g/mol. The molecule has 6 heteroatoms. The number of nitrogens with zero attached hydrogens (tertiary/aromatic N) is 2. The van der Waals surface area contributed by atoms with E-state index in [9.17, 15) is 9.59 Å². The average molecular weight is 301 g/mol. The molecule has 1 N–H and O–H groups in total. The van der Waals surface area contributed by atoms with Crippen molar-refractivity contribution >= 4 is 27.8 Å². The molecule has 1 heterocycles. The normalized spacial score (nSPS) is 10.0. The first-order chi connectivity index (χ1) is 8.00. The van der Waals surface area contributed by atoms with Crippen molar-refractivity contribution in [3.8, 4) is 0 Å². The summed E-state index contributed by atoms with van der Waals surface area (Å²) in [6.45, 7) is 0.402. The van der Waals surface area contributed by atoms with E-state index in [0.717, 1.165) is 0 Å². The molecule has 0 unspecified atom stereocenters. The molecule has 0 spiro atoms. The molecule has 0 aromatic carbocycles. The van der Waals surface area contributed by atoms with Crippen molar-refractivity contribution in [3.63, 3.8) is 0 Å². The summed E-state index contributed by atoms with van der Waals surface area (Å²) in [5.41, 5.74) is 0.345. The van der Waals surface area contributed by atoms with Crippen LogP contribution >= 0.6 is 15.9 Å². The van der Waals surface area contributed by atoms with Crippen LogP contribution in [0.25, 0.3) is 0 Å². The highest BCUT2D eigenvalue weighted by atomic mass is 79.9. The first-order valence-corrected chi connectivity index (χ1v) is 5.90. The van der Waals surface area contributed by atoms with Gasteiger partial charge in [0.2, 0.25) is 0 Å². The summed E-state index contributed by atoms with van der Waals surface area (Å²) in [4.78, 5) is 27.7. The van der Waals surface area contributed by atoms with E-state index in [4.69, 9.17) is 5.11 Å². The predicted octanol–water partition coefficient (Wildman–Crippen LogP) is 1.78. The number of carboxylic acid groups (broad SMARTS) is 1. The van der Waals surface area contributed by atoms with Gasteiger partial charge in [-0.15, -0.1) is 0 Å². The smallest absolute Gasteiger partial charge is 0.303 e. The van der Waals surface area contributed by atoms with Crippen LogP contribution in [-0.2, 0) is 4.79 Å². The number of pyridine rings is 1. The van der Waals surface area contributed by atoms with Gasteiger partial charge < -0.3 is 10.0 Å². The van der Waals surface area contributed by atoms with Crippen molar-refractivity contribution in [2.24, 2.45) is 0 Å². The fourth-order valence-electron chi connectivity index (χ4n) is 1.29. The van der Waals surface area contributed by atoms with Crippen molar-refractivity contribution in [3.05, 3.63) is 28.5 Å². The van der Waals surface area contributed by atoms with Gasteiger partial charge in [-0.25, -0.2) is 4.98 Å². The minimum Gasteiger partial charge on any atom is -0.481 e. The lowest BCUT2D eigenvalue weighted by Crippen LogP contribution is -2.28. The number of hydrogen-bond donors (Lipinski definition) is 1. The summed E-state index contributed by atoms with van der Waals surface area (Å²) >= 11 is 3.19. The minimum absolute atomic E-state index is 0.0591. The lowest BCUT2D eigenvalue weighted by atomic mass is 10.2. The van der Waals surface area contributed by atoms with Crippen LogP contribution in [0.1, 0.15) is 23.3 Å². The second kappa shape index (κ2) is 6.34. The third-order valence-electron chi connectivity index (χ3n) is 2.17. The van der Waals surface area contributed by atoms with Gasteiger partial charge in [0.05, 0.1) is 0 Å². The van der Waals surface area contributed by atoms with Gasteiger partial charge in [-0.05, 0) is 34.5 Å². The Kier molecular flexibility index (Phi) is 5.09. The standard InChI is InChI=1S/C11H13BrN2O3/c1-14(7-3-6-10(15)16)11(17)8-4-2-5-9(12)13-8/h2,4-5H,3,6-7H2,1H3,(H,15,16). The fraction of sp³-hybridized carbons (Fsp3) is 0.364. The first-order valence-electron chi connectivity index (χ1n) is 5.10. The second-order valence-electron chi connectivity index (χ2n) is 3.57. The highest BCUT2D eigenvalue weighted by Crippen LogP contribution is 2.08. The van der Waals surface area contributed by atoms with Gasteiger partial charge in [-0.1, -0.05) is 6.07 Å². The van der Waals surface area contributed by atoms with E-state index in [1.54, 1.807) is 25.2 Å². The van der Waals surface area contributed by atoms with E-state index in [0.29, 0.717) is 23.3 Å². The van der Waals surface area contributed by atoms with Crippen LogP contribution in [0.2, 0.25) is 0 Å². The zero-order valence-electron chi connectivity index (χ0n) is 9.39. The molecule has 5 nitrogen and oxygen atoms in total. The number of halogens is 1. The van der Waals surface area contributed by atoms with Gasteiger partial charge in [0.15, 0.2) is 0 Å². The van der Waals surface area contributed by atoms with Crippen LogP contribution < -0.4 is 0 Å². The van der Waals surface area contributed by atoms with E-state index >= 15 is 0 Å². The highest BCUT2D eigenvalue weighted by molar-refractivity contribution is 9.10. The van der Waals surface area contributed by atoms with Crippen LogP contribution in [-0.4, -0.2) is 40.5 Å². The van der Waals surface area contributed by atoms with Crippen molar-refractivity contribution < 1.29 is 14.7 Å². The number of amides is 1. The number of carbonyl (C=O) groups excluding carboxylic acids is 1. The van der Waals surface area contributed by atoms with Gasteiger partial charge in [-0.2, -0.15) is 0 Å². The molecule has 0 aliphatic carbocycles. The van der Waals surface area contributed by atoms with E-state index in [1.807, 2.05) is 0 Å². The molecule has 1 rings (SSSR count). The van der Waals surface area contributed by atoms with Crippen molar-refractivity contribution in [1.82, 2.24) is 9.88 Å². The average Bonchev–Trinajstić information content (AvgIpc) is 2.27. The Balaban J connectivity index is 2.54. The SMILES string of the molecule is CN(CCCC(=O)O)C(=O)c1cccc(Br)n1. The zero-order valence-corrected chi connectivity index (χ0v) is 11.0. The molecular formula is C11H13BrN2O3. The molecule has 0 aliphatic rings. The predicted molar refractivity (Wildman–Crippen MR) is 65.8 cm³/mol. The molecule has 1 aromatic heterocycles. The fourth-order valence-corrected chi connectivity index (χ4v) is 1.64. The van der Waals surface area contributed by atoms with Gasteiger partial charge in [0.25, 0.3) is 5.91 Å². The topological polar surface area (TPSA) is 70.5 Å². The molecule has 0 fully saturated rings. The molecule has 92 valence electrons. The molecule has 0 saturated carbocycles. The Morgan fingerprint density at radius 2 is 2.18 bits per heavy atom. The molecule has 0 aliphatic heterocycles. The van der Waals surface area contributed by atoms with Crippen LogP contribution in [0.3, 0.4) is 0 Å². The quantitative estimate of drug-likeness (QED) is 0.842. The summed E-state index contributed by atoms with van der Waals surface area (Å²) in [7, 11) is 1.63. The summed E-state index contributed by atoms with van der Waals surface area (Å²) in [6, 6.07) is 5.09. The van der Waals surface area contributed by atoms with Gasteiger partial charge >= 0.3 is 5.97 Å². The Hall–Kier alpha value is -1.43. The maximum Gasteiger partial charge on any atom is 0.303 e. The summed E-state index contributed by atoms with van der Waals surface area (Å²) < 4.78 is 0.599. The number of aromatic nitrogens is 1. The molecule has 0 atom stereocenters. The third-order valence-corrected chi connectivity index (χ3v) is 2.61. The van der Waals surface area contributed by atoms with E-state index < -0.39 is 5.97 Å². The van der Waals surface area contributed by atoms with Crippen LogP contribution in [0.15, 0.2) is 22.8 Å². The van der Waals surface area contributed by atoms with Crippen LogP contribution in [0.4, 0.5) is 0 Å². The Labute approximate surface area is 108 Å². The Morgan fingerprint density at radius 3 is 2.76 bits per heavy atom. The first kappa shape index (κ1) is 13.6. The minimum atomic E-state index is -0.855. The summed E-state index contributed by atoms with van der Waals surface area (Å²) in [6.07, 6.45) is 0.495. The summed E-state index contributed by atoms with van der Waals surface area (Å²) in [5, 5.41) is 8.50. The number of aliphatic carboxylic acids is 1. The largest absolute Gasteiger partial charge is 0.481 e. The molecule has 0 radical (unpaired) electrons. The maximum absolute atomic E-state index is 11.9. The molecule has 0 saturated heterocycles. The van der Waals surface area contributed by atoms with Gasteiger partial charge in [0, 0.05) is 20.0 Å².